The first-order valence-corrected chi connectivity index (χ1v) is 9.83. The predicted octanol–water partition coefficient (Wildman–Crippen LogP) is 1.96. The number of halogens is 3. The monoisotopic (exact) mass is 409 g/mol. The van der Waals surface area contributed by atoms with E-state index in [2.05, 4.69) is 5.32 Å². The third-order valence-electron chi connectivity index (χ3n) is 4.05. The standard InChI is InChI=1S/C16H22F3N3O4S/c1-26-14-6-5-12(27(24,25)22-7-3-2-4-8-22)9-13(14)20-10-15(23)21-11-16(17,18)19/h5-6,9,20H,2-4,7-8,10-11H2,1H3,(H,21,23). The van der Waals surface area contributed by atoms with Crippen molar-refractivity contribution in [1.82, 2.24) is 9.62 Å². The van der Waals surface area contributed by atoms with Crippen LogP contribution in [0.4, 0.5) is 18.9 Å². The number of carbonyl (C=O) groups is 1. The van der Waals surface area contributed by atoms with E-state index in [9.17, 15) is 26.4 Å². The van der Waals surface area contributed by atoms with Crippen LogP contribution in [0.15, 0.2) is 23.1 Å². The topological polar surface area (TPSA) is 87.7 Å². The molecule has 0 aliphatic carbocycles. The number of ether oxygens (including phenoxy) is 1. The van der Waals surface area contributed by atoms with E-state index in [1.165, 1.54) is 29.6 Å². The van der Waals surface area contributed by atoms with Gasteiger partial charge in [0.15, 0.2) is 0 Å². The van der Waals surface area contributed by atoms with Gasteiger partial charge in [0.2, 0.25) is 15.9 Å². The lowest BCUT2D eigenvalue weighted by Gasteiger charge is -2.26. The summed E-state index contributed by atoms with van der Waals surface area (Å²) in [5.41, 5.74) is 0.206. The molecule has 0 saturated carbocycles. The first-order valence-electron chi connectivity index (χ1n) is 8.39. The lowest BCUT2D eigenvalue weighted by molar-refractivity contribution is -0.137. The van der Waals surface area contributed by atoms with E-state index < -0.39 is 35.2 Å². The average Bonchev–Trinajstić information content (AvgIpc) is 2.64. The van der Waals surface area contributed by atoms with Crippen LogP contribution in [0.2, 0.25) is 0 Å². The molecule has 1 aromatic rings. The maximum Gasteiger partial charge on any atom is 0.405 e. The zero-order valence-electron chi connectivity index (χ0n) is 14.8. The molecule has 7 nitrogen and oxygen atoms in total. The maximum atomic E-state index is 12.7. The van der Waals surface area contributed by atoms with Crippen molar-refractivity contribution in [2.24, 2.45) is 0 Å². The molecule has 152 valence electrons. The van der Waals surface area contributed by atoms with Gasteiger partial charge in [-0.3, -0.25) is 4.79 Å². The molecule has 1 heterocycles. The average molecular weight is 409 g/mol. The SMILES string of the molecule is COc1ccc(S(=O)(=O)N2CCCCC2)cc1NCC(=O)NCC(F)(F)F. The van der Waals surface area contributed by atoms with Crippen LogP contribution < -0.4 is 15.4 Å². The summed E-state index contributed by atoms with van der Waals surface area (Å²) in [6.45, 7) is -1.01. The van der Waals surface area contributed by atoms with Gasteiger partial charge in [-0.15, -0.1) is 0 Å². The predicted molar refractivity (Wildman–Crippen MR) is 93.2 cm³/mol. The van der Waals surface area contributed by atoms with E-state index in [4.69, 9.17) is 4.74 Å². The highest BCUT2D eigenvalue weighted by atomic mass is 32.2. The number of hydrogen-bond acceptors (Lipinski definition) is 5. The Balaban J connectivity index is 2.11. The number of amides is 1. The Morgan fingerprint density at radius 3 is 2.48 bits per heavy atom. The number of anilines is 1. The fourth-order valence-corrected chi connectivity index (χ4v) is 4.22. The van der Waals surface area contributed by atoms with Gasteiger partial charge in [0, 0.05) is 13.1 Å². The Bertz CT molecular complexity index is 763. The molecule has 1 aliphatic heterocycles. The van der Waals surface area contributed by atoms with Gasteiger partial charge in [0.05, 0.1) is 24.2 Å². The van der Waals surface area contributed by atoms with Crippen molar-refractivity contribution in [1.29, 1.82) is 0 Å². The van der Waals surface area contributed by atoms with Crippen LogP contribution in [0.1, 0.15) is 19.3 Å². The number of rotatable bonds is 7. The number of sulfonamides is 1. The summed E-state index contributed by atoms with van der Waals surface area (Å²) in [5, 5.41) is 4.36. The fraction of sp³-hybridized carbons (Fsp3) is 0.562. The Morgan fingerprint density at radius 1 is 1.22 bits per heavy atom. The highest BCUT2D eigenvalue weighted by Crippen LogP contribution is 2.29. The molecular weight excluding hydrogens is 387 g/mol. The van der Waals surface area contributed by atoms with Gasteiger partial charge in [0.1, 0.15) is 12.3 Å². The molecule has 11 heteroatoms. The molecule has 0 atom stereocenters. The highest BCUT2D eigenvalue weighted by Gasteiger charge is 2.28. The second-order valence-corrected chi connectivity index (χ2v) is 8.01. The molecule has 0 radical (unpaired) electrons. The number of nitrogens with one attached hydrogen (secondary N) is 2. The van der Waals surface area contributed by atoms with E-state index in [1.807, 2.05) is 0 Å². The number of methoxy groups -OCH3 is 1. The number of benzene rings is 1. The largest absolute Gasteiger partial charge is 0.495 e. The van der Waals surface area contributed by atoms with E-state index in [0.29, 0.717) is 13.1 Å². The number of carbonyl (C=O) groups excluding carboxylic acids is 1. The Hall–Kier alpha value is -2.01. The van der Waals surface area contributed by atoms with Crippen LogP contribution in [0.25, 0.3) is 0 Å². The van der Waals surface area contributed by atoms with Crippen molar-refractivity contribution >= 4 is 21.6 Å². The molecule has 27 heavy (non-hydrogen) atoms. The minimum Gasteiger partial charge on any atom is -0.495 e. The zero-order chi connectivity index (χ0) is 20.1. The second-order valence-electron chi connectivity index (χ2n) is 6.07. The minimum absolute atomic E-state index is 0.0309. The molecule has 1 aromatic carbocycles. The van der Waals surface area contributed by atoms with Gasteiger partial charge in [-0.1, -0.05) is 6.42 Å². The van der Waals surface area contributed by atoms with Gasteiger partial charge >= 0.3 is 6.18 Å². The van der Waals surface area contributed by atoms with Crippen molar-refractivity contribution in [3.8, 4) is 5.75 Å². The quantitative estimate of drug-likeness (QED) is 0.719. The summed E-state index contributed by atoms with van der Waals surface area (Å²) in [4.78, 5) is 11.6. The van der Waals surface area contributed by atoms with E-state index >= 15 is 0 Å². The normalized spacial score (nSPS) is 16.0. The lowest BCUT2D eigenvalue weighted by Crippen LogP contribution is -2.37. The van der Waals surface area contributed by atoms with Gasteiger partial charge < -0.3 is 15.4 Å². The third kappa shape index (κ3) is 5.99. The molecule has 0 bridgehead atoms. The van der Waals surface area contributed by atoms with Gasteiger partial charge in [-0.2, -0.15) is 17.5 Å². The molecule has 1 amide bonds. The first-order chi connectivity index (χ1) is 12.6. The summed E-state index contributed by atoms with van der Waals surface area (Å²) < 4.78 is 68.4. The van der Waals surface area contributed by atoms with Crippen molar-refractivity contribution in [3.05, 3.63) is 18.2 Å². The Labute approximate surface area is 155 Å². The second kappa shape index (κ2) is 8.79. The summed E-state index contributed by atoms with van der Waals surface area (Å²) in [6.07, 6.45) is -1.94. The molecule has 2 N–H and O–H groups in total. The fourth-order valence-electron chi connectivity index (χ4n) is 2.68. The smallest absolute Gasteiger partial charge is 0.405 e. The molecule has 0 unspecified atom stereocenters. The highest BCUT2D eigenvalue weighted by molar-refractivity contribution is 7.89. The number of alkyl halides is 3. The molecule has 1 saturated heterocycles. The summed E-state index contributed by atoms with van der Waals surface area (Å²) in [5.74, 6) is -0.602. The Morgan fingerprint density at radius 2 is 1.89 bits per heavy atom. The van der Waals surface area contributed by atoms with Crippen LogP contribution >= 0.6 is 0 Å². The number of nitrogens with zero attached hydrogens (tertiary/aromatic N) is 1. The van der Waals surface area contributed by atoms with Crippen molar-refractivity contribution in [2.75, 3.05) is 38.6 Å². The first kappa shape index (κ1) is 21.3. The zero-order valence-corrected chi connectivity index (χ0v) is 15.6. The molecule has 0 aromatic heterocycles. The van der Waals surface area contributed by atoms with Crippen LogP contribution in [0, 0.1) is 0 Å². The minimum atomic E-state index is -4.50. The van der Waals surface area contributed by atoms with Gasteiger partial charge in [-0.25, -0.2) is 8.42 Å². The van der Waals surface area contributed by atoms with Crippen LogP contribution in [0.3, 0.4) is 0 Å². The Kier molecular flexibility index (Phi) is 6.93. The third-order valence-corrected chi connectivity index (χ3v) is 5.94. The summed E-state index contributed by atoms with van der Waals surface area (Å²) >= 11 is 0. The van der Waals surface area contributed by atoms with Crippen molar-refractivity contribution in [2.45, 2.75) is 30.3 Å². The van der Waals surface area contributed by atoms with E-state index in [-0.39, 0.29) is 16.3 Å². The van der Waals surface area contributed by atoms with Crippen LogP contribution in [-0.2, 0) is 14.8 Å². The van der Waals surface area contributed by atoms with Crippen LogP contribution in [0.5, 0.6) is 5.75 Å². The summed E-state index contributed by atoms with van der Waals surface area (Å²) in [6, 6.07) is 4.16. The molecular formula is C16H22F3N3O4S. The van der Waals surface area contributed by atoms with Crippen LogP contribution in [-0.4, -0.2) is 58.1 Å². The van der Waals surface area contributed by atoms with Crippen molar-refractivity contribution < 1.29 is 31.1 Å². The number of hydrogen-bond donors (Lipinski definition) is 2. The molecule has 2 rings (SSSR count). The molecule has 1 aliphatic rings. The molecule has 0 spiro atoms. The van der Waals surface area contributed by atoms with Crippen molar-refractivity contribution in [3.63, 3.8) is 0 Å². The van der Waals surface area contributed by atoms with E-state index in [1.54, 1.807) is 5.32 Å². The van der Waals surface area contributed by atoms with Gasteiger partial charge in [-0.05, 0) is 31.0 Å². The molecule has 1 fully saturated rings. The van der Waals surface area contributed by atoms with Gasteiger partial charge in [0.25, 0.3) is 0 Å². The maximum absolute atomic E-state index is 12.7. The lowest BCUT2D eigenvalue weighted by atomic mass is 10.2. The van der Waals surface area contributed by atoms with E-state index in [0.717, 1.165) is 19.3 Å². The number of piperidine rings is 1. The summed E-state index contributed by atoms with van der Waals surface area (Å²) in [7, 11) is -2.33.